The number of ether oxygens (including phenoxy) is 2. The molecular weight excluding hydrogens is 566 g/mol. The minimum atomic E-state index is -3.95. The van der Waals surface area contributed by atoms with E-state index >= 15 is 0 Å². The minimum absolute atomic E-state index is 0.00677. The van der Waals surface area contributed by atoms with Gasteiger partial charge in [-0.15, -0.1) is 0 Å². The molecule has 3 aromatic carbocycles. The van der Waals surface area contributed by atoms with E-state index in [9.17, 15) is 26.4 Å². The molecule has 1 heterocycles. The number of esters is 1. The summed E-state index contributed by atoms with van der Waals surface area (Å²) >= 11 is 1.03. The molecule has 4 rings (SSSR count). The number of amides is 1. The fraction of sp³-hybridized carbons (Fsp3) is 0.160. The summed E-state index contributed by atoms with van der Waals surface area (Å²) in [6.07, 6.45) is 1.08. The topological polar surface area (TPSA) is 150 Å². The zero-order valence-electron chi connectivity index (χ0n) is 20.9. The van der Waals surface area contributed by atoms with Crippen molar-refractivity contribution < 1.29 is 35.9 Å². The number of sulfonamides is 1. The molecule has 0 spiro atoms. The van der Waals surface area contributed by atoms with Gasteiger partial charge in [-0.05, 0) is 60.7 Å². The predicted octanol–water partition coefficient (Wildman–Crippen LogP) is 2.83. The third-order valence-electron chi connectivity index (χ3n) is 5.53. The molecule has 0 aliphatic heterocycles. The van der Waals surface area contributed by atoms with E-state index in [-0.39, 0.29) is 32.4 Å². The number of fused-ring (bicyclic) bond motifs is 1. The maximum absolute atomic E-state index is 13.1. The van der Waals surface area contributed by atoms with Crippen LogP contribution in [0, 0.1) is 0 Å². The van der Waals surface area contributed by atoms with Crippen LogP contribution in [0.1, 0.15) is 10.4 Å². The number of nitrogens with zero attached hydrogens (tertiary/aromatic N) is 2. The number of benzene rings is 3. The van der Waals surface area contributed by atoms with E-state index in [4.69, 9.17) is 9.47 Å². The number of carbonyl (C=O) groups excluding carboxylic acids is 2. The van der Waals surface area contributed by atoms with Gasteiger partial charge in [0.1, 0.15) is 12.3 Å². The standard InChI is InChI=1S/C25H23N3O8S3/c1-35-18-7-9-19(10-8-18)39(33,34)27-17-6-4-5-16(13-17)24(30)26-25-28(15-23(29)36-2)21-12-11-20(38(3,31)32)14-22(21)37-25/h4-14,27H,15H2,1-3H3. The van der Waals surface area contributed by atoms with E-state index in [1.165, 1.54) is 85.5 Å². The molecule has 0 saturated carbocycles. The molecule has 0 fully saturated rings. The smallest absolute Gasteiger partial charge is 0.325 e. The number of anilines is 1. The Morgan fingerprint density at radius 3 is 2.28 bits per heavy atom. The van der Waals surface area contributed by atoms with Crippen molar-refractivity contribution in [2.45, 2.75) is 16.3 Å². The summed E-state index contributed by atoms with van der Waals surface area (Å²) in [5.41, 5.74) is 0.720. The molecule has 0 unspecified atom stereocenters. The van der Waals surface area contributed by atoms with Crippen molar-refractivity contribution in [1.29, 1.82) is 0 Å². The largest absolute Gasteiger partial charge is 0.497 e. The van der Waals surface area contributed by atoms with Crippen molar-refractivity contribution >= 4 is 59.0 Å². The van der Waals surface area contributed by atoms with Crippen LogP contribution in [0.15, 0.2) is 81.5 Å². The van der Waals surface area contributed by atoms with Crippen LogP contribution in [0.3, 0.4) is 0 Å². The number of rotatable bonds is 8. The molecule has 1 N–H and O–H groups in total. The second-order valence-electron chi connectivity index (χ2n) is 8.23. The number of methoxy groups -OCH3 is 2. The highest BCUT2D eigenvalue weighted by Gasteiger charge is 2.17. The van der Waals surface area contributed by atoms with E-state index in [0.717, 1.165) is 17.6 Å². The molecule has 0 aliphatic rings. The Bertz CT molecular complexity index is 1860. The average Bonchev–Trinajstić information content (AvgIpc) is 3.23. The van der Waals surface area contributed by atoms with Gasteiger partial charge in [-0.25, -0.2) is 16.8 Å². The lowest BCUT2D eigenvalue weighted by molar-refractivity contribution is -0.141. The molecule has 0 radical (unpaired) electrons. The van der Waals surface area contributed by atoms with Gasteiger partial charge in [0.05, 0.1) is 34.2 Å². The van der Waals surface area contributed by atoms with Crippen molar-refractivity contribution in [2.24, 2.45) is 4.99 Å². The zero-order chi connectivity index (χ0) is 28.4. The van der Waals surface area contributed by atoms with Gasteiger partial charge in [-0.1, -0.05) is 17.4 Å². The second kappa shape index (κ2) is 11.0. The van der Waals surface area contributed by atoms with E-state index in [2.05, 4.69) is 9.71 Å². The maximum Gasteiger partial charge on any atom is 0.325 e. The predicted molar refractivity (Wildman–Crippen MR) is 145 cm³/mol. The van der Waals surface area contributed by atoms with Gasteiger partial charge < -0.3 is 14.0 Å². The molecular formula is C25H23N3O8S3. The molecule has 4 aromatic rings. The maximum atomic E-state index is 13.1. The summed E-state index contributed by atoms with van der Waals surface area (Å²) in [5, 5.41) is 0. The van der Waals surface area contributed by atoms with E-state index < -0.39 is 31.7 Å². The van der Waals surface area contributed by atoms with Crippen LogP contribution in [0.25, 0.3) is 10.2 Å². The van der Waals surface area contributed by atoms with Crippen molar-refractivity contribution in [2.75, 3.05) is 25.2 Å². The highest BCUT2D eigenvalue weighted by Crippen LogP contribution is 2.23. The Kier molecular flexibility index (Phi) is 7.90. The quantitative estimate of drug-likeness (QED) is 0.308. The number of sulfone groups is 1. The molecule has 11 nitrogen and oxygen atoms in total. The molecule has 204 valence electrons. The van der Waals surface area contributed by atoms with Gasteiger partial charge in [0.15, 0.2) is 14.6 Å². The van der Waals surface area contributed by atoms with Crippen LogP contribution < -0.4 is 14.3 Å². The summed E-state index contributed by atoms with van der Waals surface area (Å²) in [6.45, 7) is -0.261. The van der Waals surface area contributed by atoms with E-state index in [0.29, 0.717) is 16.0 Å². The lowest BCUT2D eigenvalue weighted by Crippen LogP contribution is -2.22. The summed E-state index contributed by atoms with van der Waals surface area (Å²) in [5.74, 6) is -0.791. The number of carbonyl (C=O) groups is 2. The first-order chi connectivity index (χ1) is 18.4. The second-order valence-corrected chi connectivity index (χ2v) is 12.9. The first-order valence-electron chi connectivity index (χ1n) is 11.2. The summed E-state index contributed by atoms with van der Waals surface area (Å²) in [6, 6.07) is 16.0. The number of hydrogen-bond donors (Lipinski definition) is 1. The third-order valence-corrected chi connectivity index (χ3v) is 9.07. The van der Waals surface area contributed by atoms with Crippen LogP contribution in [-0.2, 0) is 35.9 Å². The van der Waals surface area contributed by atoms with Gasteiger partial charge in [-0.2, -0.15) is 4.99 Å². The molecule has 1 aromatic heterocycles. The molecule has 14 heteroatoms. The highest BCUT2D eigenvalue weighted by atomic mass is 32.2. The molecule has 39 heavy (non-hydrogen) atoms. The first kappa shape index (κ1) is 28.0. The molecule has 0 aliphatic carbocycles. The van der Waals surface area contributed by atoms with Gasteiger partial charge in [0.2, 0.25) is 0 Å². The van der Waals surface area contributed by atoms with Crippen LogP contribution in [-0.4, -0.2) is 53.8 Å². The summed E-state index contributed by atoms with van der Waals surface area (Å²) < 4.78 is 63.8. The lowest BCUT2D eigenvalue weighted by Gasteiger charge is -2.09. The minimum Gasteiger partial charge on any atom is -0.497 e. The van der Waals surface area contributed by atoms with Crippen molar-refractivity contribution in [3.63, 3.8) is 0 Å². The van der Waals surface area contributed by atoms with Gasteiger partial charge in [0.25, 0.3) is 15.9 Å². The number of thiazole rings is 1. The number of hydrogen-bond acceptors (Lipinski definition) is 9. The van der Waals surface area contributed by atoms with Crippen LogP contribution in [0.2, 0.25) is 0 Å². The Morgan fingerprint density at radius 1 is 0.949 bits per heavy atom. The first-order valence-corrected chi connectivity index (χ1v) is 15.4. The molecule has 1 amide bonds. The van der Waals surface area contributed by atoms with Crippen LogP contribution in [0.4, 0.5) is 5.69 Å². The Hall–Kier alpha value is -4.01. The van der Waals surface area contributed by atoms with Crippen molar-refractivity contribution in [1.82, 2.24) is 4.57 Å². The Labute approximate surface area is 228 Å². The molecule has 0 bridgehead atoms. The molecule has 0 atom stereocenters. The normalized spacial score (nSPS) is 12.3. The van der Waals surface area contributed by atoms with Crippen molar-refractivity contribution in [3.05, 3.63) is 77.1 Å². The average molecular weight is 590 g/mol. The van der Waals surface area contributed by atoms with E-state index in [1.54, 1.807) is 0 Å². The fourth-order valence-corrected chi connectivity index (χ4v) is 6.39. The van der Waals surface area contributed by atoms with Crippen LogP contribution in [0.5, 0.6) is 5.75 Å². The number of nitrogens with one attached hydrogen (secondary N) is 1. The third kappa shape index (κ3) is 6.35. The monoisotopic (exact) mass is 589 g/mol. The summed E-state index contributed by atoms with van der Waals surface area (Å²) in [7, 11) is -4.74. The Balaban J connectivity index is 1.71. The van der Waals surface area contributed by atoms with Crippen molar-refractivity contribution in [3.8, 4) is 5.75 Å². The van der Waals surface area contributed by atoms with Gasteiger partial charge in [0, 0.05) is 17.5 Å². The van der Waals surface area contributed by atoms with Crippen LogP contribution >= 0.6 is 11.3 Å². The summed E-state index contributed by atoms with van der Waals surface area (Å²) in [4.78, 5) is 29.5. The highest BCUT2D eigenvalue weighted by molar-refractivity contribution is 7.92. The van der Waals surface area contributed by atoms with Gasteiger partial charge >= 0.3 is 5.97 Å². The Morgan fingerprint density at radius 2 is 1.64 bits per heavy atom. The van der Waals surface area contributed by atoms with Gasteiger partial charge in [-0.3, -0.25) is 14.3 Å². The molecule has 0 saturated heterocycles. The SMILES string of the molecule is COC(=O)Cn1c(=NC(=O)c2cccc(NS(=O)(=O)c3ccc(OC)cc3)c2)sc2cc(S(C)(=O)=O)ccc21. The lowest BCUT2D eigenvalue weighted by atomic mass is 10.2. The van der Waals surface area contributed by atoms with E-state index in [1.807, 2.05) is 0 Å². The number of aromatic nitrogens is 1. The fourth-order valence-electron chi connectivity index (χ4n) is 3.55. The zero-order valence-corrected chi connectivity index (χ0v) is 23.4.